The fraction of sp³-hybridized carbons (Fsp3) is 0.0909. The summed E-state index contributed by atoms with van der Waals surface area (Å²) in [6, 6.07) is 50.1. The Morgan fingerprint density at radius 3 is 1.89 bits per heavy atom. The second-order valence-corrected chi connectivity index (χ2v) is 18.7. The van der Waals surface area contributed by atoms with Crippen LogP contribution in [-0.4, -0.2) is 18.7 Å². The van der Waals surface area contributed by atoms with Crippen LogP contribution in [0.3, 0.4) is 0 Å². The van der Waals surface area contributed by atoms with Crippen LogP contribution in [0.2, 0.25) is 0 Å². The van der Waals surface area contributed by atoms with Crippen LogP contribution in [0.1, 0.15) is 54.2 Å². The molecule has 0 amide bonds. The zero-order valence-corrected chi connectivity index (χ0v) is 42.2. The first-order valence-corrected chi connectivity index (χ1v) is 23.6. The van der Waals surface area contributed by atoms with E-state index in [4.69, 9.17) is 23.4 Å². The van der Waals surface area contributed by atoms with Crippen LogP contribution < -0.4 is 9.30 Å². The summed E-state index contributed by atoms with van der Waals surface area (Å²) in [6.07, 6.45) is 5.18. The van der Waals surface area contributed by atoms with Gasteiger partial charge in [-0.1, -0.05) is 172 Å². The van der Waals surface area contributed by atoms with Crippen molar-refractivity contribution in [1.29, 1.82) is 0 Å². The molecule has 7 heteroatoms. The van der Waals surface area contributed by atoms with E-state index >= 15 is 0 Å². The third-order valence-corrected chi connectivity index (χ3v) is 13.6. The number of hydrogen-bond acceptors (Lipinski definition) is 2. The molecule has 0 aliphatic carbocycles. The minimum Gasteiger partial charge on any atom is -0.510 e. The Labute approximate surface area is 454 Å². The van der Waals surface area contributed by atoms with Crippen LogP contribution in [0, 0.1) is 23.9 Å². The molecule has 0 saturated heterocycles. The summed E-state index contributed by atoms with van der Waals surface area (Å²) < 4.78 is 112. The third-order valence-electron chi connectivity index (χ3n) is 13.6. The first-order chi connectivity index (χ1) is 39.7. The Hall–Kier alpha value is -8.31. The van der Waals surface area contributed by atoms with Gasteiger partial charge in [0.1, 0.15) is 5.82 Å². The number of nitrogens with zero attached hydrogens (tertiary/aromatic N) is 5. The van der Waals surface area contributed by atoms with Crippen molar-refractivity contribution in [3.05, 3.63) is 242 Å². The summed E-state index contributed by atoms with van der Waals surface area (Å²) in [5.41, 5.74) is 6.80. The molecule has 356 valence electrons. The van der Waals surface area contributed by atoms with Gasteiger partial charge < -0.3 is 18.4 Å². The summed E-state index contributed by atoms with van der Waals surface area (Å²) in [5.74, 6) is 0.347. The largest absolute Gasteiger partial charge is 0.510 e. The van der Waals surface area contributed by atoms with Crippen molar-refractivity contribution in [3.8, 4) is 56.6 Å². The van der Waals surface area contributed by atoms with Crippen LogP contribution in [0.25, 0.3) is 99.8 Å². The average molecular weight is 1130 g/mol. The van der Waals surface area contributed by atoms with Gasteiger partial charge in [0.25, 0.3) is 6.33 Å². The molecule has 1 atom stereocenters. The van der Waals surface area contributed by atoms with Crippen molar-refractivity contribution in [3.63, 3.8) is 0 Å². The van der Waals surface area contributed by atoms with E-state index in [-0.39, 0.29) is 49.0 Å². The van der Waals surface area contributed by atoms with Crippen LogP contribution in [0.4, 0.5) is 0 Å². The van der Waals surface area contributed by atoms with E-state index < -0.39 is 71.7 Å². The Morgan fingerprint density at radius 2 is 1.21 bits per heavy atom. The molecule has 0 saturated carbocycles. The van der Waals surface area contributed by atoms with Crippen LogP contribution in [-0.2, 0) is 21.1 Å². The molecule has 0 bridgehead atoms. The average Bonchev–Trinajstić information content (AvgIpc) is 1.90. The summed E-state index contributed by atoms with van der Waals surface area (Å²) in [7, 11) is 0. The molecule has 0 N–H and O–H groups in total. The maximum Gasteiger partial charge on any atom is 0.268 e. The zero-order valence-electron chi connectivity index (χ0n) is 51.0. The van der Waals surface area contributed by atoms with Crippen molar-refractivity contribution in [2.75, 3.05) is 0 Å². The van der Waals surface area contributed by atoms with Crippen molar-refractivity contribution >= 4 is 54.6 Å². The van der Waals surface area contributed by atoms with E-state index in [1.54, 1.807) is 57.8 Å². The van der Waals surface area contributed by atoms with Gasteiger partial charge in [-0.3, -0.25) is 4.57 Å². The maximum absolute atomic E-state index is 9.56. The minimum atomic E-state index is -0.964. The number of ether oxygens (including phenoxy) is 1. The van der Waals surface area contributed by atoms with Crippen molar-refractivity contribution in [1.82, 2.24) is 18.7 Å². The molecule has 9 aromatic carbocycles. The maximum atomic E-state index is 9.56. The summed E-state index contributed by atoms with van der Waals surface area (Å²) in [6.45, 7) is 8.11. The molecular formula is C66H49N5OPt-2. The molecule has 13 rings (SSSR count). The predicted octanol–water partition coefficient (Wildman–Crippen LogP) is 16.2. The number of para-hydroxylation sites is 5. The van der Waals surface area contributed by atoms with E-state index in [1.165, 1.54) is 0 Å². The molecule has 0 aliphatic heterocycles. The van der Waals surface area contributed by atoms with Gasteiger partial charge in [-0.15, -0.1) is 29.7 Å². The number of imidazole rings is 1. The molecule has 0 radical (unpaired) electrons. The molecule has 4 aromatic heterocycles. The van der Waals surface area contributed by atoms with Crippen LogP contribution in [0.15, 0.2) is 218 Å². The summed E-state index contributed by atoms with van der Waals surface area (Å²) in [5, 5.41) is 4.16. The summed E-state index contributed by atoms with van der Waals surface area (Å²) in [4.78, 5) is 4.94. The van der Waals surface area contributed by atoms with E-state index in [2.05, 4.69) is 115 Å². The fourth-order valence-electron chi connectivity index (χ4n) is 9.86. The normalized spacial score (nSPS) is 14.8. The molecule has 0 fully saturated rings. The van der Waals surface area contributed by atoms with E-state index in [9.17, 15) is 1.37 Å². The number of benzene rings is 9. The van der Waals surface area contributed by atoms with E-state index in [1.807, 2.05) is 49.4 Å². The second kappa shape index (κ2) is 18.4. The SMILES string of the molecule is [2H]c1c([2H])c([2H])c(-c2cccc(-c3c([2H])c([2H])c([2H])c([2H])c3[2H])c2-[n+]2[c-]n(-c3[c-]c(Oc4[c-]c5c(cc4)c4cc(-n6c7ccccc7c7ccccc76)ccc4n5-c4cc(C([2H])(C)C(C)(C)C)ccn4)ccc3)c3ccccc32)c([2H])c1[2H].[Pt]. The molecule has 4 heterocycles. The minimum absolute atomic E-state index is 0. The van der Waals surface area contributed by atoms with E-state index in [0.717, 1.165) is 49.3 Å². The number of rotatable bonds is 9. The molecule has 1 unspecified atom stereocenters. The number of hydrogen-bond donors (Lipinski definition) is 0. The first kappa shape index (κ1) is 34.9. The van der Waals surface area contributed by atoms with Crippen molar-refractivity contribution in [2.24, 2.45) is 5.41 Å². The van der Waals surface area contributed by atoms with Crippen molar-refractivity contribution < 1.29 is 45.4 Å². The van der Waals surface area contributed by atoms with Gasteiger partial charge in [0.15, 0.2) is 0 Å². The monoisotopic (exact) mass is 1130 g/mol. The standard InChI is InChI=1S/C66H49N5O.Pt/c1-44(66(2,3)4)47-37-38-67-64(39-47)71-60-36-33-49(70-58-29-13-11-25-54(58)55-26-12-14-30-59(55)70)41-57(60)56-35-34-51(42-63(56)71)72-50-24-17-23-48(40-50)68-43-69(62-32-16-15-31-61(62)68)65-52(45-19-7-5-8-20-45)27-18-28-53(65)46-21-9-6-10-22-46;/h5-39,41,44H,1-4H3;/q-2;/i5D,6D,7D,8D,9D,10D,19D,20D,21D,22D,44D;. The first-order valence-electron chi connectivity index (χ1n) is 29.1. The van der Waals surface area contributed by atoms with Crippen LogP contribution in [0.5, 0.6) is 11.5 Å². The van der Waals surface area contributed by atoms with Crippen molar-refractivity contribution in [2.45, 2.75) is 33.6 Å². The molecule has 73 heavy (non-hydrogen) atoms. The third kappa shape index (κ3) is 7.94. The Kier molecular flexibility index (Phi) is 8.79. The van der Waals surface area contributed by atoms with Gasteiger partial charge in [0, 0.05) is 62.1 Å². The Bertz CT molecular complexity index is 4690. The predicted molar refractivity (Wildman–Crippen MR) is 293 cm³/mol. The van der Waals surface area contributed by atoms with Crippen LogP contribution >= 0.6 is 0 Å². The molecule has 0 aliphatic rings. The second-order valence-electron chi connectivity index (χ2n) is 18.7. The molecule has 0 spiro atoms. The van der Waals surface area contributed by atoms with Gasteiger partial charge in [-0.25, -0.2) is 4.98 Å². The van der Waals surface area contributed by atoms with Gasteiger partial charge in [0.05, 0.1) is 41.5 Å². The van der Waals surface area contributed by atoms with Gasteiger partial charge in [0.2, 0.25) is 0 Å². The zero-order chi connectivity index (χ0) is 58.1. The number of aromatic nitrogens is 5. The topological polar surface area (TPSA) is 40.8 Å². The molecule has 13 aromatic rings. The van der Waals surface area contributed by atoms with Gasteiger partial charge >= 0.3 is 0 Å². The number of pyridine rings is 1. The molecular weight excluding hydrogens is 1070 g/mol. The van der Waals surface area contributed by atoms with Gasteiger partial charge in [-0.05, 0) is 92.7 Å². The van der Waals surface area contributed by atoms with E-state index in [0.29, 0.717) is 39.6 Å². The summed E-state index contributed by atoms with van der Waals surface area (Å²) >= 11 is 0. The Morgan fingerprint density at radius 1 is 0.589 bits per heavy atom. The number of fused-ring (bicyclic) bond motifs is 7. The quantitative estimate of drug-likeness (QED) is 0.107. The van der Waals surface area contributed by atoms with Gasteiger partial charge in [-0.2, -0.15) is 18.2 Å². The smallest absolute Gasteiger partial charge is 0.268 e. The molecule has 6 nitrogen and oxygen atoms in total. The Balaban J connectivity index is 0.00000694. The fourth-order valence-corrected chi connectivity index (χ4v) is 9.86.